The van der Waals surface area contributed by atoms with Crippen LogP contribution in [0.3, 0.4) is 0 Å². The number of benzene rings is 2. The fourth-order valence-electron chi connectivity index (χ4n) is 2.83. The van der Waals surface area contributed by atoms with Gasteiger partial charge in [-0.15, -0.1) is 0 Å². The Kier molecular flexibility index (Phi) is 6.31. The van der Waals surface area contributed by atoms with Crippen molar-refractivity contribution in [3.63, 3.8) is 0 Å². The van der Waals surface area contributed by atoms with E-state index in [-0.39, 0.29) is 4.90 Å². The van der Waals surface area contributed by atoms with Gasteiger partial charge in [-0.05, 0) is 54.8 Å². The first-order valence-electron chi connectivity index (χ1n) is 8.24. The second kappa shape index (κ2) is 8.52. The van der Waals surface area contributed by atoms with E-state index < -0.39 is 22.0 Å². The average molecular weight is 471 g/mol. The van der Waals surface area contributed by atoms with E-state index in [1.807, 2.05) is 24.3 Å². The molecule has 0 aliphatic carbocycles. The molecule has 1 fully saturated rings. The van der Waals surface area contributed by atoms with E-state index in [1.165, 1.54) is 34.8 Å². The van der Waals surface area contributed by atoms with Crippen LogP contribution in [-0.2, 0) is 14.8 Å². The highest BCUT2D eigenvalue weighted by atomic mass is 79.9. The number of rotatable bonds is 5. The number of nitrogens with zero attached hydrogens (tertiary/aromatic N) is 2. The summed E-state index contributed by atoms with van der Waals surface area (Å²) < 4.78 is 27.9. The summed E-state index contributed by atoms with van der Waals surface area (Å²) in [7, 11) is -3.77. The maximum Gasteiger partial charge on any atom is 0.258 e. The minimum Gasteiger partial charge on any atom is -0.271 e. The van der Waals surface area contributed by atoms with E-state index in [9.17, 15) is 13.2 Å². The third-order valence-electron chi connectivity index (χ3n) is 4.18. The molecule has 3 rings (SSSR count). The zero-order valence-corrected chi connectivity index (χ0v) is 17.3. The molecule has 1 amide bonds. The summed E-state index contributed by atoms with van der Waals surface area (Å²) in [5.41, 5.74) is 3.26. The molecule has 9 heteroatoms. The number of amides is 1. The van der Waals surface area contributed by atoms with Gasteiger partial charge in [0.1, 0.15) is 6.04 Å². The van der Waals surface area contributed by atoms with E-state index >= 15 is 0 Å². The Hall–Kier alpha value is -1.74. The topological polar surface area (TPSA) is 78.8 Å². The molecule has 0 spiro atoms. The molecule has 1 N–H and O–H groups in total. The van der Waals surface area contributed by atoms with Gasteiger partial charge in [0.2, 0.25) is 10.0 Å². The molecule has 2 aromatic rings. The van der Waals surface area contributed by atoms with Gasteiger partial charge in [-0.1, -0.05) is 39.7 Å². The molecule has 1 heterocycles. The van der Waals surface area contributed by atoms with Gasteiger partial charge in [-0.2, -0.15) is 9.41 Å². The van der Waals surface area contributed by atoms with Crippen LogP contribution in [0.2, 0.25) is 5.02 Å². The fourth-order valence-corrected chi connectivity index (χ4v) is 4.87. The van der Waals surface area contributed by atoms with E-state index in [0.717, 1.165) is 10.0 Å². The Morgan fingerprint density at radius 3 is 2.52 bits per heavy atom. The number of hydrazone groups is 1. The lowest BCUT2D eigenvalue weighted by atomic mass is 10.2. The van der Waals surface area contributed by atoms with Gasteiger partial charge in [0.25, 0.3) is 5.91 Å². The summed E-state index contributed by atoms with van der Waals surface area (Å²) >= 11 is 9.17. The third-order valence-corrected chi connectivity index (χ3v) is 6.89. The van der Waals surface area contributed by atoms with Gasteiger partial charge in [0.15, 0.2) is 0 Å². The maximum atomic E-state index is 12.8. The standard InChI is InChI=1S/C18H17BrClN3O3S/c19-14-5-3-13(4-6-14)12-21-22-18(24)17-2-1-11-23(17)27(25,26)16-9-7-15(20)8-10-16/h3-10,12,17H,1-2,11H2,(H,22,24). The quantitative estimate of drug-likeness (QED) is 0.537. The van der Waals surface area contributed by atoms with E-state index in [0.29, 0.717) is 24.4 Å². The van der Waals surface area contributed by atoms with Crippen LogP contribution in [0.5, 0.6) is 0 Å². The number of hydrogen-bond donors (Lipinski definition) is 1. The zero-order valence-electron chi connectivity index (χ0n) is 14.2. The first-order chi connectivity index (χ1) is 12.9. The number of nitrogens with one attached hydrogen (secondary N) is 1. The lowest BCUT2D eigenvalue weighted by molar-refractivity contribution is -0.124. The fraction of sp³-hybridized carbons (Fsp3) is 0.222. The first-order valence-corrected chi connectivity index (χ1v) is 10.8. The Morgan fingerprint density at radius 2 is 1.85 bits per heavy atom. The second-order valence-corrected chi connectivity index (χ2v) is 9.26. The molecule has 1 aliphatic heterocycles. The number of halogens is 2. The summed E-state index contributed by atoms with van der Waals surface area (Å²) in [5, 5.41) is 4.39. The van der Waals surface area contributed by atoms with Crippen molar-refractivity contribution in [2.75, 3.05) is 6.54 Å². The average Bonchev–Trinajstić information content (AvgIpc) is 3.14. The van der Waals surface area contributed by atoms with Crippen molar-refractivity contribution in [3.8, 4) is 0 Å². The van der Waals surface area contributed by atoms with Crippen LogP contribution in [0.15, 0.2) is 63.0 Å². The summed E-state index contributed by atoms with van der Waals surface area (Å²) in [6.45, 7) is 0.291. The summed E-state index contributed by atoms with van der Waals surface area (Å²) in [6, 6.07) is 12.5. The highest BCUT2D eigenvalue weighted by Gasteiger charge is 2.39. The Bertz CT molecular complexity index is 947. The maximum absolute atomic E-state index is 12.8. The van der Waals surface area contributed by atoms with Gasteiger partial charge < -0.3 is 0 Å². The number of sulfonamides is 1. The molecule has 2 aromatic carbocycles. The van der Waals surface area contributed by atoms with E-state index in [2.05, 4.69) is 26.5 Å². The Morgan fingerprint density at radius 1 is 1.19 bits per heavy atom. The predicted molar refractivity (Wildman–Crippen MR) is 108 cm³/mol. The molecule has 1 saturated heterocycles. The summed E-state index contributed by atoms with van der Waals surface area (Å²) in [5.74, 6) is -0.446. The minimum atomic E-state index is -3.77. The monoisotopic (exact) mass is 469 g/mol. The van der Waals surface area contributed by atoms with Crippen LogP contribution in [0.4, 0.5) is 0 Å². The van der Waals surface area contributed by atoms with Crippen molar-refractivity contribution < 1.29 is 13.2 Å². The summed E-state index contributed by atoms with van der Waals surface area (Å²) in [6.07, 6.45) is 2.57. The van der Waals surface area contributed by atoms with Crippen molar-refractivity contribution in [1.82, 2.24) is 9.73 Å². The van der Waals surface area contributed by atoms with Gasteiger partial charge >= 0.3 is 0 Å². The van der Waals surface area contributed by atoms with Gasteiger partial charge in [-0.25, -0.2) is 13.8 Å². The number of carbonyl (C=O) groups is 1. The van der Waals surface area contributed by atoms with Crippen molar-refractivity contribution >= 4 is 49.7 Å². The van der Waals surface area contributed by atoms with Crippen LogP contribution in [0, 0.1) is 0 Å². The Labute approximate surface area is 171 Å². The first kappa shape index (κ1) is 20.0. The van der Waals surface area contributed by atoms with Crippen molar-refractivity contribution in [2.45, 2.75) is 23.8 Å². The van der Waals surface area contributed by atoms with Crippen LogP contribution in [0.25, 0.3) is 0 Å². The third kappa shape index (κ3) is 4.76. The van der Waals surface area contributed by atoms with E-state index in [4.69, 9.17) is 11.6 Å². The minimum absolute atomic E-state index is 0.116. The smallest absolute Gasteiger partial charge is 0.258 e. The molecule has 142 valence electrons. The van der Waals surface area contributed by atoms with Crippen molar-refractivity contribution in [3.05, 3.63) is 63.6 Å². The molecule has 1 aliphatic rings. The highest BCUT2D eigenvalue weighted by molar-refractivity contribution is 9.10. The molecule has 27 heavy (non-hydrogen) atoms. The summed E-state index contributed by atoms with van der Waals surface area (Å²) in [4.78, 5) is 12.6. The SMILES string of the molecule is O=C(NN=Cc1ccc(Br)cc1)C1CCCN1S(=O)(=O)c1ccc(Cl)cc1. The van der Waals surface area contributed by atoms with Crippen LogP contribution >= 0.6 is 27.5 Å². The van der Waals surface area contributed by atoms with Gasteiger partial charge in [0, 0.05) is 16.0 Å². The molecule has 0 radical (unpaired) electrons. The molecular weight excluding hydrogens is 454 g/mol. The number of hydrogen-bond acceptors (Lipinski definition) is 4. The van der Waals surface area contributed by atoms with Crippen molar-refractivity contribution in [2.24, 2.45) is 5.10 Å². The molecule has 1 atom stereocenters. The predicted octanol–water partition coefficient (Wildman–Crippen LogP) is 3.41. The lowest BCUT2D eigenvalue weighted by Crippen LogP contribution is -2.44. The van der Waals surface area contributed by atoms with Gasteiger partial charge in [0.05, 0.1) is 11.1 Å². The highest BCUT2D eigenvalue weighted by Crippen LogP contribution is 2.27. The molecule has 6 nitrogen and oxygen atoms in total. The molecule has 0 bridgehead atoms. The molecule has 1 unspecified atom stereocenters. The largest absolute Gasteiger partial charge is 0.271 e. The molecular formula is C18H17BrClN3O3S. The van der Waals surface area contributed by atoms with Gasteiger partial charge in [-0.3, -0.25) is 4.79 Å². The second-order valence-electron chi connectivity index (χ2n) is 6.01. The Balaban J connectivity index is 1.70. The molecule has 0 aromatic heterocycles. The van der Waals surface area contributed by atoms with Crippen LogP contribution < -0.4 is 5.43 Å². The normalized spacial score (nSPS) is 18.1. The van der Waals surface area contributed by atoms with Crippen LogP contribution in [0.1, 0.15) is 18.4 Å². The van der Waals surface area contributed by atoms with Crippen molar-refractivity contribution in [1.29, 1.82) is 0 Å². The molecule has 0 saturated carbocycles. The lowest BCUT2D eigenvalue weighted by Gasteiger charge is -2.22. The van der Waals surface area contributed by atoms with E-state index in [1.54, 1.807) is 0 Å². The zero-order chi connectivity index (χ0) is 19.4. The van der Waals surface area contributed by atoms with Crippen LogP contribution in [-0.4, -0.2) is 37.4 Å². The number of carbonyl (C=O) groups excluding carboxylic acids is 1.